The number of halogens is 1. The van der Waals surface area contributed by atoms with Crippen LogP contribution in [0.25, 0.3) is 11.1 Å². The number of H-pyrrole nitrogens is 1. The highest BCUT2D eigenvalue weighted by Crippen LogP contribution is 2.41. The summed E-state index contributed by atoms with van der Waals surface area (Å²) in [5.74, 6) is -0.841. The zero-order chi connectivity index (χ0) is 19.0. The first kappa shape index (κ1) is 16.9. The van der Waals surface area contributed by atoms with Gasteiger partial charge in [0.05, 0.1) is 0 Å². The van der Waals surface area contributed by atoms with Gasteiger partial charge in [0, 0.05) is 24.2 Å². The number of nitrogens with zero attached hydrogens (tertiary/aromatic N) is 2. The summed E-state index contributed by atoms with van der Waals surface area (Å²) in [6, 6.07) is 17.4. The molecule has 1 amide bonds. The fraction of sp³-hybridized carbons (Fsp3) is 0.0952. The molecular weight excluding hydrogens is 343 g/mol. The number of hydrogen-bond acceptors (Lipinski definition) is 3. The van der Waals surface area contributed by atoms with Crippen molar-refractivity contribution in [2.24, 2.45) is 10.7 Å². The molecule has 0 saturated heterocycles. The monoisotopic (exact) mass is 361 g/mol. The van der Waals surface area contributed by atoms with E-state index in [4.69, 9.17) is 5.73 Å². The third-order valence-electron chi connectivity index (χ3n) is 4.83. The van der Waals surface area contributed by atoms with Gasteiger partial charge in [0.25, 0.3) is 5.91 Å². The van der Waals surface area contributed by atoms with Crippen LogP contribution in [0.5, 0.6) is 0 Å². The molecule has 1 atom stereocenters. The zero-order valence-corrected chi connectivity index (χ0v) is 14.7. The lowest BCUT2D eigenvalue weighted by Crippen LogP contribution is -2.41. The summed E-state index contributed by atoms with van der Waals surface area (Å²) >= 11 is 0. The quantitative estimate of drug-likeness (QED) is 0.778. The Kier molecular flexibility index (Phi) is 3.96. The van der Waals surface area contributed by atoms with Crippen molar-refractivity contribution in [2.75, 3.05) is 7.05 Å². The van der Waals surface area contributed by atoms with Gasteiger partial charge < -0.3 is 5.73 Å². The maximum Gasteiger partial charge on any atom is 0.266 e. The zero-order valence-electron chi connectivity index (χ0n) is 14.7. The first-order valence-electron chi connectivity index (χ1n) is 8.49. The Morgan fingerprint density at radius 3 is 2.48 bits per heavy atom. The van der Waals surface area contributed by atoms with E-state index < -0.39 is 11.4 Å². The Hall–Kier alpha value is -3.54. The highest BCUT2D eigenvalue weighted by molar-refractivity contribution is 6.09. The molecular formula is C21H18FN4O+. The molecule has 0 aliphatic carbocycles. The minimum atomic E-state index is -1.54. The van der Waals surface area contributed by atoms with Crippen LogP contribution >= 0.6 is 0 Å². The smallest absolute Gasteiger partial charge is 0.266 e. The van der Waals surface area contributed by atoms with Gasteiger partial charge in [-0.05, 0) is 29.3 Å². The second-order valence-electron chi connectivity index (χ2n) is 6.40. The summed E-state index contributed by atoms with van der Waals surface area (Å²) in [6.07, 6.45) is 3.60. The van der Waals surface area contributed by atoms with Gasteiger partial charge in [-0.2, -0.15) is 0 Å². The standard InChI is InChI=1S/C21H17FN4O/c1-26-19(27)21(25-20(26)23,16-7-3-2-4-8-16)17-12-14(9-10-18(17)22)15-6-5-11-24-13-15/h2-13H,1H3,(H2,23,25)/p+1. The predicted molar refractivity (Wildman–Crippen MR) is 100 cm³/mol. The fourth-order valence-corrected chi connectivity index (χ4v) is 3.39. The number of carbonyl (C=O) groups is 1. The Morgan fingerprint density at radius 2 is 1.85 bits per heavy atom. The molecule has 0 radical (unpaired) electrons. The Labute approximate surface area is 156 Å². The van der Waals surface area contributed by atoms with Crippen molar-refractivity contribution >= 4 is 11.9 Å². The maximum absolute atomic E-state index is 15.0. The van der Waals surface area contributed by atoms with Gasteiger partial charge in [0.15, 0.2) is 23.9 Å². The van der Waals surface area contributed by atoms with E-state index in [-0.39, 0.29) is 17.4 Å². The number of aromatic nitrogens is 1. The van der Waals surface area contributed by atoms with Gasteiger partial charge in [-0.25, -0.2) is 14.4 Å². The first-order valence-corrected chi connectivity index (χ1v) is 8.49. The van der Waals surface area contributed by atoms with Crippen LogP contribution in [-0.4, -0.2) is 23.8 Å². The van der Waals surface area contributed by atoms with Gasteiger partial charge in [-0.3, -0.25) is 9.69 Å². The average Bonchev–Trinajstić information content (AvgIpc) is 2.94. The second-order valence-corrected chi connectivity index (χ2v) is 6.40. The number of likely N-dealkylation sites (N-methyl/N-ethyl adjacent to an activating group) is 1. The van der Waals surface area contributed by atoms with Gasteiger partial charge in [0.2, 0.25) is 0 Å². The number of hydrogen-bond donors (Lipinski definition) is 1. The van der Waals surface area contributed by atoms with Crippen molar-refractivity contribution in [1.29, 1.82) is 0 Å². The highest BCUT2D eigenvalue weighted by Gasteiger charge is 2.51. The molecule has 0 fully saturated rings. The Morgan fingerprint density at radius 1 is 1.07 bits per heavy atom. The third kappa shape index (κ3) is 2.57. The van der Waals surface area contributed by atoms with E-state index in [1.165, 1.54) is 11.0 Å². The fourth-order valence-electron chi connectivity index (χ4n) is 3.39. The summed E-state index contributed by atoms with van der Waals surface area (Å²) in [4.78, 5) is 21.9. The lowest BCUT2D eigenvalue weighted by molar-refractivity contribution is -0.377. The van der Waals surface area contributed by atoms with Crippen molar-refractivity contribution in [3.8, 4) is 11.1 Å². The topological polar surface area (TPSA) is 72.8 Å². The summed E-state index contributed by atoms with van der Waals surface area (Å²) in [7, 11) is 1.54. The SMILES string of the molecule is CN1C(=O)C(c2ccccc2)(c2cc(-c3ccc[nH+]c3)ccc2F)N=C1N. The molecule has 1 aromatic heterocycles. The van der Waals surface area contributed by atoms with Gasteiger partial charge >= 0.3 is 0 Å². The van der Waals surface area contributed by atoms with E-state index in [1.54, 1.807) is 49.6 Å². The lowest BCUT2D eigenvalue weighted by atomic mass is 9.81. The van der Waals surface area contributed by atoms with Crippen molar-refractivity contribution in [3.05, 3.63) is 90.0 Å². The molecule has 4 rings (SSSR count). The summed E-state index contributed by atoms with van der Waals surface area (Å²) in [6.45, 7) is 0. The van der Waals surface area contributed by atoms with Crippen molar-refractivity contribution in [3.63, 3.8) is 0 Å². The molecule has 0 spiro atoms. The second kappa shape index (κ2) is 6.32. The van der Waals surface area contributed by atoms with Gasteiger partial charge in [0.1, 0.15) is 5.82 Å². The maximum atomic E-state index is 15.0. The van der Waals surface area contributed by atoms with E-state index in [0.717, 1.165) is 11.1 Å². The van der Waals surface area contributed by atoms with E-state index >= 15 is 4.39 Å². The average molecular weight is 361 g/mol. The van der Waals surface area contributed by atoms with Gasteiger partial charge in [-0.15, -0.1) is 0 Å². The number of aliphatic imine (C=N–C) groups is 1. The van der Waals surface area contributed by atoms with Crippen LogP contribution in [0.15, 0.2) is 78.0 Å². The molecule has 3 aromatic rings. The number of guanidine groups is 1. The highest BCUT2D eigenvalue weighted by atomic mass is 19.1. The molecule has 1 unspecified atom stereocenters. The summed E-state index contributed by atoms with van der Waals surface area (Å²) < 4.78 is 15.0. The van der Waals surface area contributed by atoms with E-state index in [1.807, 2.05) is 24.4 Å². The molecule has 134 valence electrons. The van der Waals surface area contributed by atoms with Crippen molar-refractivity contribution in [1.82, 2.24) is 4.90 Å². The van der Waals surface area contributed by atoms with Crippen LogP contribution < -0.4 is 10.7 Å². The third-order valence-corrected chi connectivity index (χ3v) is 4.83. The molecule has 0 bridgehead atoms. The molecule has 6 heteroatoms. The lowest BCUT2D eigenvalue weighted by Gasteiger charge is -2.26. The van der Waals surface area contributed by atoms with Crippen LogP contribution in [0.4, 0.5) is 4.39 Å². The molecule has 5 nitrogen and oxygen atoms in total. The van der Waals surface area contributed by atoms with Crippen LogP contribution in [0.3, 0.4) is 0 Å². The molecule has 0 saturated carbocycles. The minimum Gasteiger partial charge on any atom is -0.369 e. The van der Waals surface area contributed by atoms with Crippen LogP contribution in [-0.2, 0) is 10.3 Å². The molecule has 1 aliphatic heterocycles. The van der Waals surface area contributed by atoms with Crippen molar-refractivity contribution < 1.29 is 14.2 Å². The predicted octanol–water partition coefficient (Wildman–Crippen LogP) is 2.34. The molecule has 1 aliphatic rings. The van der Waals surface area contributed by atoms with Crippen LogP contribution in [0, 0.1) is 5.82 Å². The number of nitrogens with two attached hydrogens (primary N) is 1. The number of pyridine rings is 1. The number of rotatable bonds is 3. The minimum absolute atomic E-state index is 0.0571. The number of carbonyl (C=O) groups excluding carboxylic acids is 1. The summed E-state index contributed by atoms with van der Waals surface area (Å²) in [5, 5.41) is 0. The van der Waals surface area contributed by atoms with Crippen LogP contribution in [0.2, 0.25) is 0 Å². The largest absolute Gasteiger partial charge is 0.369 e. The Bertz CT molecular complexity index is 1040. The number of aromatic amines is 1. The molecule has 27 heavy (non-hydrogen) atoms. The van der Waals surface area contributed by atoms with Crippen LogP contribution in [0.1, 0.15) is 11.1 Å². The normalized spacial score (nSPS) is 19.3. The summed E-state index contributed by atoms with van der Waals surface area (Å²) in [5.41, 5.74) is 6.79. The molecule has 2 heterocycles. The van der Waals surface area contributed by atoms with E-state index in [0.29, 0.717) is 5.56 Å². The molecule has 3 N–H and O–H groups in total. The number of amides is 1. The van der Waals surface area contributed by atoms with E-state index in [2.05, 4.69) is 9.98 Å². The van der Waals surface area contributed by atoms with Gasteiger partial charge in [-0.1, -0.05) is 36.4 Å². The number of benzene rings is 2. The first-order chi connectivity index (χ1) is 13.0. The Balaban J connectivity index is 1.99. The molecule has 2 aromatic carbocycles. The number of nitrogens with one attached hydrogen (secondary N) is 1. The van der Waals surface area contributed by atoms with Crippen molar-refractivity contribution in [2.45, 2.75) is 5.54 Å². The van der Waals surface area contributed by atoms with E-state index in [9.17, 15) is 4.79 Å².